The number of imide groups is 2. The number of ether oxygens (including phenoxy) is 5. The predicted molar refractivity (Wildman–Crippen MR) is 115 cm³/mol. The number of hydrogen-bond donors (Lipinski definition) is 0. The Labute approximate surface area is 192 Å². The number of carbonyl (C=O) groups excluding carboxylic acids is 4. The Bertz CT molecular complexity index is 929. The smallest absolute Gasteiger partial charge is 0.417 e. The standard InChI is InChI=1S/C22H30N2O9/c1-12(2)33-22(28)24-16(21(27)23(14(4)25)10-18(24)26)8-15-9-17(30-6)20(31-7)13(3)19(15)32-11-29-5/h9,12,16H,8,10-11H2,1-7H3. The summed E-state index contributed by atoms with van der Waals surface area (Å²) in [6.45, 7) is 5.52. The number of piperazine rings is 1. The van der Waals surface area contributed by atoms with Crippen molar-refractivity contribution in [2.45, 2.75) is 46.3 Å². The highest BCUT2D eigenvalue weighted by molar-refractivity contribution is 6.09. The summed E-state index contributed by atoms with van der Waals surface area (Å²) in [5.41, 5.74) is 1.01. The summed E-state index contributed by atoms with van der Waals surface area (Å²) in [7, 11) is 4.38. The van der Waals surface area contributed by atoms with Crippen LogP contribution < -0.4 is 14.2 Å². The number of amides is 4. The van der Waals surface area contributed by atoms with Crippen molar-refractivity contribution in [3.8, 4) is 17.2 Å². The van der Waals surface area contributed by atoms with E-state index < -0.39 is 42.5 Å². The van der Waals surface area contributed by atoms with Gasteiger partial charge >= 0.3 is 6.09 Å². The Kier molecular flexibility index (Phi) is 8.63. The van der Waals surface area contributed by atoms with Gasteiger partial charge < -0.3 is 23.7 Å². The summed E-state index contributed by atoms with van der Waals surface area (Å²) in [6, 6.07) is 0.261. The molecule has 1 aliphatic heterocycles. The zero-order valence-corrected chi connectivity index (χ0v) is 19.9. The topological polar surface area (TPSA) is 121 Å². The molecule has 0 saturated carbocycles. The first kappa shape index (κ1) is 25.9. The summed E-state index contributed by atoms with van der Waals surface area (Å²) >= 11 is 0. The van der Waals surface area contributed by atoms with Crippen LogP contribution in [-0.4, -0.2) is 80.4 Å². The molecule has 0 aliphatic carbocycles. The number of methoxy groups -OCH3 is 3. The normalized spacial score (nSPS) is 16.2. The summed E-state index contributed by atoms with van der Waals surface area (Å²) in [5, 5.41) is 0. The predicted octanol–water partition coefficient (Wildman–Crippen LogP) is 1.67. The molecule has 0 bridgehead atoms. The molecule has 1 saturated heterocycles. The highest BCUT2D eigenvalue weighted by atomic mass is 16.7. The van der Waals surface area contributed by atoms with Gasteiger partial charge in [0.05, 0.1) is 20.3 Å². The highest BCUT2D eigenvalue weighted by Gasteiger charge is 2.45. The lowest BCUT2D eigenvalue weighted by Crippen LogP contribution is -2.63. The maximum atomic E-state index is 13.2. The van der Waals surface area contributed by atoms with E-state index in [1.807, 2.05) is 0 Å². The van der Waals surface area contributed by atoms with Gasteiger partial charge in [0.2, 0.25) is 5.91 Å². The van der Waals surface area contributed by atoms with Crippen LogP contribution in [-0.2, 0) is 30.3 Å². The van der Waals surface area contributed by atoms with Gasteiger partial charge in [0.1, 0.15) is 18.3 Å². The summed E-state index contributed by atoms with van der Waals surface area (Å²) in [5.74, 6) is -0.907. The van der Waals surface area contributed by atoms with Crippen molar-refractivity contribution in [2.75, 3.05) is 34.7 Å². The molecule has 1 aromatic carbocycles. The van der Waals surface area contributed by atoms with Gasteiger partial charge in [-0.05, 0) is 26.8 Å². The molecule has 0 radical (unpaired) electrons. The zero-order chi connectivity index (χ0) is 24.9. The van der Waals surface area contributed by atoms with Crippen LogP contribution in [0.5, 0.6) is 17.2 Å². The van der Waals surface area contributed by atoms with Gasteiger partial charge in [0.25, 0.3) is 11.8 Å². The van der Waals surface area contributed by atoms with E-state index >= 15 is 0 Å². The van der Waals surface area contributed by atoms with Crippen LogP contribution in [0.1, 0.15) is 31.9 Å². The molecule has 182 valence electrons. The van der Waals surface area contributed by atoms with Crippen LogP contribution >= 0.6 is 0 Å². The SMILES string of the molecule is COCOc1c(CC2C(=O)N(C(C)=O)CC(=O)N2C(=O)OC(C)C)cc(OC)c(OC)c1C. The fourth-order valence-corrected chi connectivity index (χ4v) is 3.59. The summed E-state index contributed by atoms with van der Waals surface area (Å²) in [6.07, 6.45) is -1.63. The second-order valence-corrected chi connectivity index (χ2v) is 7.64. The Morgan fingerprint density at radius 2 is 1.79 bits per heavy atom. The van der Waals surface area contributed by atoms with E-state index in [2.05, 4.69) is 0 Å². The zero-order valence-electron chi connectivity index (χ0n) is 19.9. The van der Waals surface area contributed by atoms with Crippen molar-refractivity contribution >= 4 is 23.8 Å². The first-order valence-electron chi connectivity index (χ1n) is 10.3. The van der Waals surface area contributed by atoms with Gasteiger partial charge in [-0.3, -0.25) is 19.3 Å². The maximum absolute atomic E-state index is 13.2. The average Bonchev–Trinajstić information content (AvgIpc) is 2.74. The molecular formula is C22H30N2O9. The van der Waals surface area contributed by atoms with Crippen LogP contribution in [0.3, 0.4) is 0 Å². The van der Waals surface area contributed by atoms with Crippen LogP contribution in [0, 0.1) is 6.92 Å². The molecule has 0 spiro atoms. The van der Waals surface area contributed by atoms with Crippen molar-refractivity contribution in [3.05, 3.63) is 17.2 Å². The molecule has 33 heavy (non-hydrogen) atoms. The largest absolute Gasteiger partial charge is 0.493 e. The van der Waals surface area contributed by atoms with E-state index in [0.29, 0.717) is 28.4 Å². The molecule has 1 aliphatic rings. The van der Waals surface area contributed by atoms with Crippen LogP contribution in [0.15, 0.2) is 6.07 Å². The van der Waals surface area contributed by atoms with E-state index in [0.717, 1.165) is 9.80 Å². The number of benzene rings is 1. The molecule has 1 atom stereocenters. The number of nitrogens with zero attached hydrogens (tertiary/aromatic N) is 2. The molecule has 11 nitrogen and oxygen atoms in total. The monoisotopic (exact) mass is 466 g/mol. The average molecular weight is 466 g/mol. The van der Waals surface area contributed by atoms with E-state index in [1.165, 1.54) is 28.3 Å². The summed E-state index contributed by atoms with van der Waals surface area (Å²) in [4.78, 5) is 52.3. The highest BCUT2D eigenvalue weighted by Crippen LogP contribution is 2.41. The summed E-state index contributed by atoms with van der Waals surface area (Å²) < 4.78 is 26.8. The van der Waals surface area contributed by atoms with Gasteiger partial charge in [0.15, 0.2) is 18.3 Å². The van der Waals surface area contributed by atoms with E-state index in [9.17, 15) is 19.2 Å². The van der Waals surface area contributed by atoms with Gasteiger partial charge in [-0.1, -0.05) is 0 Å². The van der Waals surface area contributed by atoms with Crippen LogP contribution in [0.4, 0.5) is 4.79 Å². The molecule has 2 rings (SSSR count). The molecule has 1 unspecified atom stereocenters. The van der Waals surface area contributed by atoms with Crippen molar-refractivity contribution in [3.63, 3.8) is 0 Å². The van der Waals surface area contributed by atoms with E-state index in [-0.39, 0.29) is 13.2 Å². The third-order valence-corrected chi connectivity index (χ3v) is 5.00. The Balaban J connectivity index is 2.61. The van der Waals surface area contributed by atoms with Crippen molar-refractivity contribution in [1.29, 1.82) is 0 Å². The Morgan fingerprint density at radius 3 is 2.30 bits per heavy atom. The van der Waals surface area contributed by atoms with Crippen LogP contribution in [0.2, 0.25) is 0 Å². The first-order chi connectivity index (χ1) is 15.6. The second kappa shape index (κ2) is 11.0. The van der Waals surface area contributed by atoms with Crippen LogP contribution in [0.25, 0.3) is 0 Å². The maximum Gasteiger partial charge on any atom is 0.417 e. The fraction of sp³-hybridized carbons (Fsp3) is 0.545. The molecule has 1 fully saturated rings. The van der Waals surface area contributed by atoms with Crippen molar-refractivity contribution < 1.29 is 42.9 Å². The molecule has 0 N–H and O–H groups in total. The fourth-order valence-electron chi connectivity index (χ4n) is 3.59. The third-order valence-electron chi connectivity index (χ3n) is 5.00. The minimum Gasteiger partial charge on any atom is -0.493 e. The quantitative estimate of drug-likeness (QED) is 0.527. The minimum absolute atomic E-state index is 0.0977. The van der Waals surface area contributed by atoms with Gasteiger partial charge in [-0.2, -0.15) is 0 Å². The Hall–Kier alpha value is -3.34. The molecular weight excluding hydrogens is 436 g/mol. The van der Waals surface area contributed by atoms with Gasteiger partial charge in [-0.25, -0.2) is 9.69 Å². The van der Waals surface area contributed by atoms with E-state index in [4.69, 9.17) is 23.7 Å². The third kappa shape index (κ3) is 5.54. The molecule has 1 aromatic rings. The lowest BCUT2D eigenvalue weighted by Gasteiger charge is -2.37. The lowest BCUT2D eigenvalue weighted by atomic mass is 9.97. The molecule has 1 heterocycles. The van der Waals surface area contributed by atoms with E-state index in [1.54, 1.807) is 26.8 Å². The van der Waals surface area contributed by atoms with Crippen molar-refractivity contribution in [1.82, 2.24) is 9.80 Å². The minimum atomic E-state index is -1.33. The van der Waals surface area contributed by atoms with Gasteiger partial charge in [-0.15, -0.1) is 0 Å². The molecule has 11 heteroatoms. The second-order valence-electron chi connectivity index (χ2n) is 7.64. The van der Waals surface area contributed by atoms with Crippen molar-refractivity contribution in [2.24, 2.45) is 0 Å². The molecule has 0 aromatic heterocycles. The number of rotatable bonds is 8. The lowest BCUT2D eigenvalue weighted by molar-refractivity contribution is -0.160. The molecule has 4 amide bonds. The number of hydrogen-bond acceptors (Lipinski definition) is 9. The Morgan fingerprint density at radius 1 is 1.12 bits per heavy atom. The first-order valence-corrected chi connectivity index (χ1v) is 10.3. The van der Waals surface area contributed by atoms with Gasteiger partial charge in [0, 0.05) is 31.6 Å². The number of carbonyl (C=O) groups is 4.